The molecule has 0 bridgehead atoms. The third-order valence-corrected chi connectivity index (χ3v) is 6.09. The Hall–Kier alpha value is 0.01000. The highest BCUT2D eigenvalue weighted by Crippen LogP contribution is 2.29. The van der Waals surface area contributed by atoms with Crippen LogP contribution in [0.4, 0.5) is 0 Å². The van der Waals surface area contributed by atoms with E-state index >= 15 is 0 Å². The van der Waals surface area contributed by atoms with Crippen LogP contribution in [0.2, 0.25) is 0 Å². The summed E-state index contributed by atoms with van der Waals surface area (Å²) in [4.78, 5) is 11.4. The van der Waals surface area contributed by atoms with E-state index in [0.717, 1.165) is 25.8 Å². The Balaban J connectivity index is 4.00. The molecular formula is C22H43Cl2NO2. The number of rotatable bonds is 20. The van der Waals surface area contributed by atoms with E-state index in [1.165, 1.54) is 77.0 Å². The summed E-state index contributed by atoms with van der Waals surface area (Å²) in [6, 6.07) is -0.390. The highest BCUT2D eigenvalue weighted by Gasteiger charge is 2.41. The van der Waals surface area contributed by atoms with Crippen LogP contribution in [0.1, 0.15) is 117 Å². The summed E-state index contributed by atoms with van der Waals surface area (Å²) >= 11 is 12.3. The normalized spacial score (nSPS) is 13.0. The minimum Gasteiger partial charge on any atom is -0.479 e. The number of aliphatic carboxylic acids is 1. The van der Waals surface area contributed by atoms with E-state index in [1.807, 2.05) is 0 Å². The summed E-state index contributed by atoms with van der Waals surface area (Å²) in [6.07, 6.45) is 19.2. The fourth-order valence-electron chi connectivity index (χ4n) is 3.40. The van der Waals surface area contributed by atoms with Crippen molar-refractivity contribution in [2.45, 2.75) is 127 Å². The van der Waals surface area contributed by atoms with Gasteiger partial charge in [-0.15, -0.1) is 0 Å². The topological polar surface area (TPSA) is 49.3 Å². The number of carboxylic acid groups (broad SMARTS) is 1. The number of halogens is 2. The number of unbranched alkanes of at least 4 members (excludes halogenated alkanes) is 13. The van der Waals surface area contributed by atoms with E-state index < -0.39 is 16.3 Å². The first-order chi connectivity index (χ1) is 13.0. The Morgan fingerprint density at radius 1 is 0.778 bits per heavy atom. The number of alkyl halides is 2. The monoisotopic (exact) mass is 423 g/mol. The van der Waals surface area contributed by atoms with Gasteiger partial charge in [0.15, 0.2) is 0 Å². The number of hydrogen-bond donors (Lipinski definition) is 2. The molecule has 1 unspecified atom stereocenters. The first kappa shape index (κ1) is 27.0. The van der Waals surface area contributed by atoms with Gasteiger partial charge in [0, 0.05) is 0 Å². The molecule has 0 fully saturated rings. The van der Waals surface area contributed by atoms with Crippen molar-refractivity contribution < 1.29 is 9.90 Å². The fraction of sp³-hybridized carbons (Fsp3) is 0.955. The van der Waals surface area contributed by atoms with E-state index in [0.29, 0.717) is 6.42 Å². The zero-order chi connectivity index (χ0) is 20.4. The number of hydrogen-bond acceptors (Lipinski definition) is 2. The standard InChI is InChI=1S/C22H43Cl2NO2/c1-3-5-7-9-11-12-13-14-16-18-20(22(23,24)21(26)27)25-19-17-15-10-8-6-4-2/h20,25H,3-19H2,1-2H3,(H,26,27). The van der Waals surface area contributed by atoms with Crippen molar-refractivity contribution in [2.75, 3.05) is 6.54 Å². The molecule has 0 saturated heterocycles. The Kier molecular flexibility index (Phi) is 18.1. The molecule has 3 nitrogen and oxygen atoms in total. The van der Waals surface area contributed by atoms with Crippen molar-refractivity contribution in [1.82, 2.24) is 5.32 Å². The van der Waals surface area contributed by atoms with Crippen LogP contribution in [-0.2, 0) is 4.79 Å². The molecule has 0 aliphatic rings. The van der Waals surface area contributed by atoms with Gasteiger partial charge >= 0.3 is 5.97 Å². The lowest BCUT2D eigenvalue weighted by atomic mass is 10.0. The van der Waals surface area contributed by atoms with Crippen LogP contribution in [0.3, 0.4) is 0 Å². The molecule has 0 radical (unpaired) electrons. The molecule has 162 valence electrons. The highest BCUT2D eigenvalue weighted by molar-refractivity contribution is 6.57. The average molecular weight is 424 g/mol. The van der Waals surface area contributed by atoms with Crippen LogP contribution in [0.5, 0.6) is 0 Å². The van der Waals surface area contributed by atoms with Gasteiger partial charge in [-0.2, -0.15) is 0 Å². The van der Waals surface area contributed by atoms with Crippen LogP contribution in [0, 0.1) is 0 Å². The lowest BCUT2D eigenvalue weighted by Gasteiger charge is -2.27. The van der Waals surface area contributed by atoms with Crippen LogP contribution in [-0.4, -0.2) is 28.0 Å². The molecule has 0 spiro atoms. The predicted molar refractivity (Wildman–Crippen MR) is 119 cm³/mol. The second-order valence-electron chi connectivity index (χ2n) is 7.82. The number of nitrogens with one attached hydrogen (secondary N) is 1. The Labute approximate surface area is 178 Å². The minimum atomic E-state index is -1.75. The maximum absolute atomic E-state index is 11.4. The van der Waals surface area contributed by atoms with Gasteiger partial charge in [0.1, 0.15) is 0 Å². The van der Waals surface area contributed by atoms with Gasteiger partial charge in [-0.05, 0) is 19.4 Å². The summed E-state index contributed by atoms with van der Waals surface area (Å²) in [5.74, 6) is -1.15. The molecule has 0 aromatic carbocycles. The van der Waals surface area contributed by atoms with Crippen molar-refractivity contribution in [3.05, 3.63) is 0 Å². The van der Waals surface area contributed by atoms with Crippen LogP contribution in [0.15, 0.2) is 0 Å². The van der Waals surface area contributed by atoms with Gasteiger partial charge in [0.25, 0.3) is 0 Å². The minimum absolute atomic E-state index is 0.390. The van der Waals surface area contributed by atoms with Crippen molar-refractivity contribution in [3.8, 4) is 0 Å². The quantitative estimate of drug-likeness (QED) is 0.157. The van der Waals surface area contributed by atoms with Crippen molar-refractivity contribution >= 4 is 29.2 Å². The smallest absolute Gasteiger partial charge is 0.341 e. The van der Waals surface area contributed by atoms with E-state index in [-0.39, 0.29) is 0 Å². The first-order valence-corrected chi connectivity index (χ1v) is 12.1. The highest BCUT2D eigenvalue weighted by atomic mass is 35.5. The molecule has 27 heavy (non-hydrogen) atoms. The Morgan fingerprint density at radius 2 is 1.19 bits per heavy atom. The maximum atomic E-state index is 11.4. The number of carbonyl (C=O) groups is 1. The van der Waals surface area contributed by atoms with E-state index in [4.69, 9.17) is 23.2 Å². The molecule has 0 heterocycles. The molecular weight excluding hydrogens is 381 g/mol. The molecule has 0 saturated carbocycles. The molecule has 0 aromatic rings. The lowest BCUT2D eigenvalue weighted by molar-refractivity contribution is -0.138. The zero-order valence-corrected chi connectivity index (χ0v) is 19.2. The van der Waals surface area contributed by atoms with Crippen LogP contribution < -0.4 is 5.32 Å². The van der Waals surface area contributed by atoms with Crippen molar-refractivity contribution in [2.24, 2.45) is 0 Å². The molecule has 0 aliphatic heterocycles. The summed E-state index contributed by atoms with van der Waals surface area (Å²) in [5.41, 5.74) is 0. The SMILES string of the molecule is CCCCCCCCCCCC(NCCCCCCCC)C(Cl)(Cl)C(=O)O. The lowest BCUT2D eigenvalue weighted by Crippen LogP contribution is -2.48. The molecule has 0 amide bonds. The third-order valence-electron chi connectivity index (χ3n) is 5.24. The molecule has 2 N–H and O–H groups in total. The Bertz CT molecular complexity index is 351. The van der Waals surface area contributed by atoms with Gasteiger partial charge in [-0.1, -0.05) is 127 Å². The molecule has 0 aliphatic carbocycles. The van der Waals surface area contributed by atoms with E-state index in [2.05, 4.69) is 19.2 Å². The maximum Gasteiger partial charge on any atom is 0.341 e. The van der Waals surface area contributed by atoms with Gasteiger partial charge in [-0.3, -0.25) is 0 Å². The predicted octanol–water partition coefficient (Wildman–Crippen LogP) is 7.48. The fourth-order valence-corrected chi connectivity index (χ4v) is 3.77. The Morgan fingerprint density at radius 3 is 1.63 bits per heavy atom. The molecule has 0 rings (SSSR count). The summed E-state index contributed by atoms with van der Waals surface area (Å²) in [7, 11) is 0. The molecule has 5 heteroatoms. The van der Waals surface area contributed by atoms with Gasteiger partial charge in [-0.25, -0.2) is 4.79 Å². The van der Waals surface area contributed by atoms with Gasteiger partial charge in [0.2, 0.25) is 4.33 Å². The number of carboxylic acids is 1. The second-order valence-corrected chi connectivity index (χ2v) is 9.21. The van der Waals surface area contributed by atoms with E-state index in [1.54, 1.807) is 0 Å². The van der Waals surface area contributed by atoms with Crippen molar-refractivity contribution in [1.29, 1.82) is 0 Å². The van der Waals surface area contributed by atoms with Gasteiger partial charge < -0.3 is 10.4 Å². The van der Waals surface area contributed by atoms with Crippen molar-refractivity contribution in [3.63, 3.8) is 0 Å². The average Bonchev–Trinajstić information content (AvgIpc) is 2.63. The third kappa shape index (κ3) is 14.6. The second kappa shape index (κ2) is 18.1. The van der Waals surface area contributed by atoms with Crippen LogP contribution >= 0.6 is 23.2 Å². The molecule has 1 atom stereocenters. The van der Waals surface area contributed by atoms with Gasteiger partial charge in [0.05, 0.1) is 6.04 Å². The largest absolute Gasteiger partial charge is 0.479 e. The van der Waals surface area contributed by atoms with E-state index in [9.17, 15) is 9.90 Å². The zero-order valence-electron chi connectivity index (χ0n) is 17.7. The van der Waals surface area contributed by atoms with Crippen LogP contribution in [0.25, 0.3) is 0 Å². The summed E-state index contributed by atoms with van der Waals surface area (Å²) in [5, 5.41) is 12.7. The first-order valence-electron chi connectivity index (χ1n) is 11.3. The summed E-state index contributed by atoms with van der Waals surface area (Å²) < 4.78 is -1.75. The molecule has 0 aromatic heterocycles. The summed E-state index contributed by atoms with van der Waals surface area (Å²) in [6.45, 7) is 5.23.